The number of fused-ring (bicyclic) bond motifs is 1. The summed E-state index contributed by atoms with van der Waals surface area (Å²) < 4.78 is 5.08. The lowest BCUT2D eigenvalue weighted by atomic mass is 10.1. The predicted molar refractivity (Wildman–Crippen MR) is 71.3 cm³/mol. The molecule has 5 nitrogen and oxygen atoms in total. The first-order valence-electron chi connectivity index (χ1n) is 5.72. The lowest BCUT2D eigenvalue weighted by Crippen LogP contribution is -2.09. The second-order valence-electron chi connectivity index (χ2n) is 3.64. The van der Waals surface area contributed by atoms with Gasteiger partial charge in [-0.05, 0) is 22.9 Å². The molecule has 0 saturated carbocycles. The fourth-order valence-electron chi connectivity index (χ4n) is 1.40. The summed E-state index contributed by atoms with van der Waals surface area (Å²) in [5, 5.41) is 25.9. The molecule has 102 valence electrons. The zero-order valence-electron chi connectivity index (χ0n) is 10.3. The highest BCUT2D eigenvalue weighted by atomic mass is 16.5. The molecule has 0 aliphatic heterocycles. The number of carboxylic acid groups (broad SMARTS) is 1. The Balaban J connectivity index is 0.000000399. The van der Waals surface area contributed by atoms with E-state index in [1.165, 1.54) is 0 Å². The molecule has 0 saturated heterocycles. The van der Waals surface area contributed by atoms with Crippen LogP contribution in [0.3, 0.4) is 0 Å². The molecule has 3 N–H and O–H groups in total. The van der Waals surface area contributed by atoms with Gasteiger partial charge in [0.15, 0.2) is 6.61 Å². The minimum absolute atomic E-state index is 0.125. The summed E-state index contributed by atoms with van der Waals surface area (Å²) in [5.74, 6) is -0.390. The Morgan fingerprint density at radius 3 is 2.21 bits per heavy atom. The highest BCUT2D eigenvalue weighted by molar-refractivity contribution is 5.83. The van der Waals surface area contributed by atoms with E-state index >= 15 is 0 Å². The molecule has 0 atom stereocenters. The summed E-state index contributed by atoms with van der Waals surface area (Å²) in [4.78, 5) is 10.3. The van der Waals surface area contributed by atoms with E-state index in [0.29, 0.717) is 5.75 Å². The fourth-order valence-corrected chi connectivity index (χ4v) is 1.40. The molecule has 0 aliphatic rings. The summed E-state index contributed by atoms with van der Waals surface area (Å²) in [6.45, 7) is -0.557. The molecule has 19 heavy (non-hydrogen) atoms. The van der Waals surface area contributed by atoms with Crippen LogP contribution in [0.1, 0.15) is 0 Å². The summed E-state index contributed by atoms with van der Waals surface area (Å²) >= 11 is 0. The molecule has 0 bridgehead atoms. The average Bonchev–Trinajstić information content (AvgIpc) is 2.45. The third-order valence-electron chi connectivity index (χ3n) is 2.18. The van der Waals surface area contributed by atoms with Gasteiger partial charge >= 0.3 is 5.97 Å². The lowest BCUT2D eigenvalue weighted by Gasteiger charge is -2.04. The van der Waals surface area contributed by atoms with E-state index in [9.17, 15) is 4.79 Å². The van der Waals surface area contributed by atoms with Crippen LogP contribution in [0.4, 0.5) is 0 Å². The number of rotatable bonds is 4. The second-order valence-corrected chi connectivity index (χ2v) is 3.64. The molecule has 0 radical (unpaired) electrons. The molecular formula is C14H16O5. The van der Waals surface area contributed by atoms with Crippen molar-refractivity contribution in [3.63, 3.8) is 0 Å². The Morgan fingerprint density at radius 1 is 1.00 bits per heavy atom. The van der Waals surface area contributed by atoms with E-state index < -0.39 is 5.97 Å². The number of hydrogen-bond acceptors (Lipinski definition) is 4. The molecule has 2 aromatic rings. The average molecular weight is 264 g/mol. The Hall–Kier alpha value is -2.11. The number of aliphatic hydroxyl groups excluding tert-OH is 2. The first-order chi connectivity index (χ1) is 9.17. The van der Waals surface area contributed by atoms with Gasteiger partial charge in [-0.3, -0.25) is 0 Å². The Labute approximate surface area is 110 Å². The molecule has 0 spiro atoms. The van der Waals surface area contributed by atoms with Crippen LogP contribution in [0.15, 0.2) is 42.5 Å². The number of hydrogen-bond donors (Lipinski definition) is 3. The van der Waals surface area contributed by atoms with Crippen molar-refractivity contribution in [1.82, 2.24) is 0 Å². The molecule has 5 heteroatoms. The predicted octanol–water partition coefficient (Wildman–Crippen LogP) is 1.27. The van der Waals surface area contributed by atoms with Crippen molar-refractivity contribution in [1.29, 1.82) is 0 Å². The van der Waals surface area contributed by atoms with Crippen molar-refractivity contribution < 1.29 is 24.9 Å². The largest absolute Gasteiger partial charge is 0.482 e. The van der Waals surface area contributed by atoms with E-state index in [1.54, 1.807) is 6.07 Å². The van der Waals surface area contributed by atoms with E-state index in [1.807, 2.05) is 36.4 Å². The van der Waals surface area contributed by atoms with Crippen LogP contribution < -0.4 is 4.74 Å². The van der Waals surface area contributed by atoms with Crippen molar-refractivity contribution in [3.8, 4) is 5.75 Å². The van der Waals surface area contributed by atoms with Gasteiger partial charge in [-0.1, -0.05) is 30.3 Å². The van der Waals surface area contributed by atoms with Gasteiger partial charge in [0.25, 0.3) is 0 Å². The molecule has 0 unspecified atom stereocenters. The molecule has 0 aromatic heterocycles. The van der Waals surface area contributed by atoms with Crippen LogP contribution >= 0.6 is 0 Å². The van der Waals surface area contributed by atoms with Crippen molar-refractivity contribution in [3.05, 3.63) is 42.5 Å². The number of carboxylic acids is 1. The maximum atomic E-state index is 10.3. The van der Waals surface area contributed by atoms with E-state index in [2.05, 4.69) is 0 Å². The van der Waals surface area contributed by atoms with E-state index in [4.69, 9.17) is 20.1 Å². The zero-order chi connectivity index (χ0) is 14.1. The quantitative estimate of drug-likeness (QED) is 0.774. The minimum Gasteiger partial charge on any atom is -0.482 e. The van der Waals surface area contributed by atoms with Crippen LogP contribution in [0.25, 0.3) is 10.8 Å². The van der Waals surface area contributed by atoms with Gasteiger partial charge in [0.05, 0.1) is 13.2 Å². The Bertz CT molecular complexity index is 522. The summed E-state index contributed by atoms with van der Waals surface area (Å²) in [6.07, 6.45) is 0. The van der Waals surface area contributed by atoms with Gasteiger partial charge in [-0.2, -0.15) is 0 Å². The minimum atomic E-state index is -0.969. The number of benzene rings is 2. The SMILES string of the molecule is O=C(O)COc1ccc2ccccc2c1.OCCO. The normalized spacial score (nSPS) is 9.58. The highest BCUT2D eigenvalue weighted by Gasteiger charge is 1.99. The van der Waals surface area contributed by atoms with Crippen molar-refractivity contribution >= 4 is 16.7 Å². The van der Waals surface area contributed by atoms with Crippen LogP contribution in [-0.2, 0) is 4.79 Å². The van der Waals surface area contributed by atoms with E-state index in [0.717, 1.165) is 10.8 Å². The first kappa shape index (κ1) is 14.9. The third kappa shape index (κ3) is 5.37. The third-order valence-corrected chi connectivity index (χ3v) is 2.18. The van der Waals surface area contributed by atoms with Crippen LogP contribution in [0.2, 0.25) is 0 Å². The van der Waals surface area contributed by atoms with Gasteiger partial charge < -0.3 is 20.1 Å². The summed E-state index contributed by atoms with van der Waals surface area (Å²) in [5.41, 5.74) is 0. The van der Waals surface area contributed by atoms with Gasteiger partial charge in [0.1, 0.15) is 5.75 Å². The number of ether oxygens (including phenoxy) is 1. The Morgan fingerprint density at radius 2 is 1.63 bits per heavy atom. The first-order valence-corrected chi connectivity index (χ1v) is 5.72. The number of carbonyl (C=O) groups is 1. The number of aliphatic hydroxyl groups is 2. The smallest absolute Gasteiger partial charge is 0.341 e. The topological polar surface area (TPSA) is 87.0 Å². The van der Waals surface area contributed by atoms with Crippen molar-refractivity contribution in [2.24, 2.45) is 0 Å². The highest BCUT2D eigenvalue weighted by Crippen LogP contribution is 2.20. The van der Waals surface area contributed by atoms with Crippen LogP contribution in [0, 0.1) is 0 Å². The Kier molecular flexibility index (Phi) is 6.35. The molecule has 2 rings (SSSR count). The molecule has 0 fully saturated rings. The zero-order valence-corrected chi connectivity index (χ0v) is 10.3. The lowest BCUT2D eigenvalue weighted by molar-refractivity contribution is -0.139. The summed E-state index contributed by atoms with van der Waals surface area (Å²) in [7, 11) is 0. The fraction of sp³-hybridized carbons (Fsp3) is 0.214. The second kappa shape index (κ2) is 8.07. The van der Waals surface area contributed by atoms with Gasteiger partial charge in [-0.15, -0.1) is 0 Å². The summed E-state index contributed by atoms with van der Waals surface area (Å²) in [6, 6.07) is 13.4. The number of aliphatic carboxylic acids is 1. The molecule has 0 amide bonds. The van der Waals surface area contributed by atoms with Gasteiger partial charge in [0.2, 0.25) is 0 Å². The van der Waals surface area contributed by atoms with Crippen molar-refractivity contribution in [2.45, 2.75) is 0 Å². The molecular weight excluding hydrogens is 248 g/mol. The van der Waals surface area contributed by atoms with Crippen LogP contribution in [-0.4, -0.2) is 41.1 Å². The standard InChI is InChI=1S/C12H10O3.C2H6O2/c13-12(14)8-15-11-6-5-9-3-1-2-4-10(9)7-11;3-1-2-4/h1-7H,8H2,(H,13,14);3-4H,1-2H2. The maximum Gasteiger partial charge on any atom is 0.341 e. The molecule has 0 aliphatic carbocycles. The van der Waals surface area contributed by atoms with E-state index in [-0.39, 0.29) is 19.8 Å². The van der Waals surface area contributed by atoms with Crippen LogP contribution in [0.5, 0.6) is 5.75 Å². The van der Waals surface area contributed by atoms with Crippen molar-refractivity contribution in [2.75, 3.05) is 19.8 Å². The maximum absolute atomic E-state index is 10.3. The van der Waals surface area contributed by atoms with Gasteiger partial charge in [0, 0.05) is 0 Å². The molecule has 0 heterocycles. The molecule has 2 aromatic carbocycles. The van der Waals surface area contributed by atoms with Gasteiger partial charge in [-0.25, -0.2) is 4.79 Å². The monoisotopic (exact) mass is 264 g/mol.